The van der Waals surface area contributed by atoms with Crippen molar-refractivity contribution in [3.63, 3.8) is 0 Å². The molecule has 3 rings (SSSR count). The van der Waals surface area contributed by atoms with Gasteiger partial charge in [0.1, 0.15) is 10.6 Å². The van der Waals surface area contributed by atoms with Gasteiger partial charge in [-0.1, -0.05) is 11.6 Å². The number of hydrogen-bond acceptors (Lipinski definition) is 4. The summed E-state index contributed by atoms with van der Waals surface area (Å²) in [5, 5.41) is 3.71. The highest BCUT2D eigenvalue weighted by Crippen LogP contribution is 2.44. The van der Waals surface area contributed by atoms with Crippen molar-refractivity contribution in [2.24, 2.45) is 11.8 Å². The summed E-state index contributed by atoms with van der Waals surface area (Å²) in [7, 11) is -3.49. The van der Waals surface area contributed by atoms with Gasteiger partial charge < -0.3 is 4.52 Å². The molecule has 5 nitrogen and oxygen atoms in total. The van der Waals surface area contributed by atoms with Gasteiger partial charge in [-0.2, -0.15) is 0 Å². The Kier molecular flexibility index (Phi) is 2.75. The van der Waals surface area contributed by atoms with Crippen LogP contribution in [0.1, 0.15) is 37.1 Å². The van der Waals surface area contributed by atoms with E-state index in [9.17, 15) is 8.42 Å². The molecule has 100 valence electrons. The Morgan fingerprint density at radius 3 is 2.56 bits per heavy atom. The minimum absolute atomic E-state index is 0.0995. The molecule has 0 saturated heterocycles. The Balaban J connectivity index is 1.84. The lowest BCUT2D eigenvalue weighted by atomic mass is 9.96. The van der Waals surface area contributed by atoms with Crippen LogP contribution < -0.4 is 4.72 Å². The summed E-state index contributed by atoms with van der Waals surface area (Å²) >= 11 is 0. The Morgan fingerprint density at radius 1 is 1.28 bits per heavy atom. The molecule has 2 aliphatic rings. The summed E-state index contributed by atoms with van der Waals surface area (Å²) in [6, 6.07) is 0.0995. The molecule has 2 bridgehead atoms. The molecule has 1 heterocycles. The Hall–Kier alpha value is -0.880. The van der Waals surface area contributed by atoms with Crippen molar-refractivity contribution >= 4 is 10.0 Å². The van der Waals surface area contributed by atoms with Gasteiger partial charge in [0.05, 0.1) is 0 Å². The summed E-state index contributed by atoms with van der Waals surface area (Å²) in [5.41, 5.74) is 0.433. The zero-order chi connectivity index (χ0) is 12.9. The first-order chi connectivity index (χ1) is 8.47. The van der Waals surface area contributed by atoms with E-state index in [1.165, 1.54) is 12.8 Å². The zero-order valence-corrected chi connectivity index (χ0v) is 11.5. The van der Waals surface area contributed by atoms with Crippen LogP contribution in [0.3, 0.4) is 0 Å². The number of sulfonamides is 1. The van der Waals surface area contributed by atoms with Gasteiger partial charge in [-0.15, -0.1) is 0 Å². The largest absolute Gasteiger partial charge is 0.360 e. The topological polar surface area (TPSA) is 72.2 Å². The van der Waals surface area contributed by atoms with Crippen LogP contribution in [0.2, 0.25) is 0 Å². The van der Waals surface area contributed by atoms with E-state index in [0.29, 0.717) is 23.3 Å². The van der Waals surface area contributed by atoms with Crippen LogP contribution in [0.5, 0.6) is 0 Å². The molecule has 1 aromatic rings. The number of hydrogen-bond donors (Lipinski definition) is 1. The summed E-state index contributed by atoms with van der Waals surface area (Å²) < 4.78 is 32.5. The summed E-state index contributed by atoms with van der Waals surface area (Å²) in [4.78, 5) is 0.213. The molecular formula is C12H18N2O3S. The van der Waals surface area contributed by atoms with Crippen molar-refractivity contribution < 1.29 is 12.9 Å². The van der Waals surface area contributed by atoms with Gasteiger partial charge in [0.25, 0.3) is 0 Å². The van der Waals surface area contributed by atoms with Crippen molar-refractivity contribution in [3.8, 4) is 0 Å². The predicted octanol–water partition coefficient (Wildman–Crippen LogP) is 1.76. The molecule has 0 aromatic carbocycles. The SMILES string of the molecule is Cc1noc(C)c1S(=O)(=O)N[C@@H]1C[C@H]2CC[C@@H]1C2. The Labute approximate surface area is 107 Å². The molecule has 0 aliphatic heterocycles. The second-order valence-electron chi connectivity index (χ2n) is 5.56. The summed E-state index contributed by atoms with van der Waals surface area (Å²) in [6.45, 7) is 3.29. The molecular weight excluding hydrogens is 252 g/mol. The minimum Gasteiger partial charge on any atom is -0.360 e. The normalized spacial score (nSPS) is 31.1. The van der Waals surface area contributed by atoms with Gasteiger partial charge in [0.2, 0.25) is 10.0 Å². The zero-order valence-electron chi connectivity index (χ0n) is 10.6. The fourth-order valence-corrected chi connectivity index (χ4v) is 5.15. The van der Waals surface area contributed by atoms with Crippen LogP contribution in [0, 0.1) is 25.7 Å². The van der Waals surface area contributed by atoms with Crippen LogP contribution >= 0.6 is 0 Å². The van der Waals surface area contributed by atoms with Crippen molar-refractivity contribution in [1.82, 2.24) is 9.88 Å². The molecule has 6 heteroatoms. The smallest absolute Gasteiger partial charge is 0.246 e. The van der Waals surface area contributed by atoms with E-state index in [4.69, 9.17) is 4.52 Å². The molecule has 2 fully saturated rings. The summed E-state index contributed by atoms with van der Waals surface area (Å²) in [5.74, 6) is 1.60. The van der Waals surface area contributed by atoms with Gasteiger partial charge in [-0.25, -0.2) is 13.1 Å². The highest BCUT2D eigenvalue weighted by Gasteiger charge is 2.42. The third kappa shape index (κ3) is 1.87. The van der Waals surface area contributed by atoms with E-state index in [-0.39, 0.29) is 10.9 Å². The third-order valence-electron chi connectivity index (χ3n) is 4.28. The average molecular weight is 270 g/mol. The molecule has 0 radical (unpaired) electrons. The third-order valence-corrected chi connectivity index (χ3v) is 6.01. The molecule has 1 N–H and O–H groups in total. The van der Waals surface area contributed by atoms with Gasteiger partial charge in [-0.05, 0) is 44.9 Å². The number of aromatic nitrogens is 1. The fraction of sp³-hybridized carbons (Fsp3) is 0.750. The van der Waals surface area contributed by atoms with E-state index >= 15 is 0 Å². The molecule has 1 aromatic heterocycles. The van der Waals surface area contributed by atoms with Crippen molar-refractivity contribution in [1.29, 1.82) is 0 Å². The van der Waals surface area contributed by atoms with Crippen molar-refractivity contribution in [2.75, 3.05) is 0 Å². The minimum atomic E-state index is -3.49. The number of aryl methyl sites for hydroxylation is 2. The molecule has 0 amide bonds. The van der Waals surface area contributed by atoms with Crippen LogP contribution in [0.15, 0.2) is 9.42 Å². The monoisotopic (exact) mass is 270 g/mol. The molecule has 2 saturated carbocycles. The quantitative estimate of drug-likeness (QED) is 0.908. The first-order valence-corrected chi connectivity index (χ1v) is 7.91. The lowest BCUT2D eigenvalue weighted by Crippen LogP contribution is -2.38. The van der Waals surface area contributed by atoms with Crippen LogP contribution in [-0.4, -0.2) is 19.6 Å². The van der Waals surface area contributed by atoms with E-state index in [1.807, 2.05) is 0 Å². The first-order valence-electron chi connectivity index (χ1n) is 6.42. The van der Waals surface area contributed by atoms with Crippen LogP contribution in [0.4, 0.5) is 0 Å². The number of fused-ring (bicyclic) bond motifs is 2. The lowest BCUT2D eigenvalue weighted by Gasteiger charge is -2.22. The number of rotatable bonds is 3. The Morgan fingerprint density at radius 2 is 2.06 bits per heavy atom. The van der Waals surface area contributed by atoms with Crippen molar-refractivity contribution in [3.05, 3.63) is 11.5 Å². The maximum atomic E-state index is 12.4. The summed E-state index contributed by atoms with van der Waals surface area (Å²) in [6.07, 6.45) is 4.57. The molecule has 2 aliphatic carbocycles. The Bertz CT molecular complexity index is 544. The van der Waals surface area contributed by atoms with E-state index in [2.05, 4.69) is 9.88 Å². The maximum absolute atomic E-state index is 12.4. The van der Waals surface area contributed by atoms with E-state index in [0.717, 1.165) is 12.8 Å². The first kappa shape index (κ1) is 12.2. The molecule has 3 atom stereocenters. The number of nitrogens with one attached hydrogen (secondary N) is 1. The second-order valence-corrected chi connectivity index (χ2v) is 7.21. The average Bonchev–Trinajstić information content (AvgIpc) is 2.93. The number of nitrogens with zero attached hydrogens (tertiary/aromatic N) is 1. The lowest BCUT2D eigenvalue weighted by molar-refractivity contribution is 0.386. The second kappa shape index (κ2) is 4.06. The molecule has 18 heavy (non-hydrogen) atoms. The van der Waals surface area contributed by atoms with Gasteiger partial charge >= 0.3 is 0 Å². The molecule has 0 unspecified atom stereocenters. The van der Waals surface area contributed by atoms with Gasteiger partial charge in [0, 0.05) is 6.04 Å². The van der Waals surface area contributed by atoms with E-state index < -0.39 is 10.0 Å². The van der Waals surface area contributed by atoms with Crippen LogP contribution in [-0.2, 0) is 10.0 Å². The molecule has 0 spiro atoms. The van der Waals surface area contributed by atoms with Crippen molar-refractivity contribution in [2.45, 2.75) is 50.5 Å². The highest BCUT2D eigenvalue weighted by molar-refractivity contribution is 7.89. The predicted molar refractivity (Wildman–Crippen MR) is 65.5 cm³/mol. The van der Waals surface area contributed by atoms with Gasteiger partial charge in [0.15, 0.2) is 5.76 Å². The fourth-order valence-electron chi connectivity index (χ4n) is 3.51. The maximum Gasteiger partial charge on any atom is 0.246 e. The van der Waals surface area contributed by atoms with Gasteiger partial charge in [-0.3, -0.25) is 0 Å². The standard InChI is InChI=1S/C12H18N2O3S/c1-7-12(8(2)17-13-7)18(15,16)14-11-6-9-3-4-10(11)5-9/h9-11,14H,3-6H2,1-2H3/t9-,10+,11+/m0/s1. The van der Waals surface area contributed by atoms with Crippen LogP contribution in [0.25, 0.3) is 0 Å². The highest BCUT2D eigenvalue weighted by atomic mass is 32.2. The van der Waals surface area contributed by atoms with E-state index in [1.54, 1.807) is 13.8 Å².